The van der Waals surface area contributed by atoms with Gasteiger partial charge in [0.1, 0.15) is 0 Å². The number of nitrogens with one attached hydrogen (secondary N) is 2. The molecule has 0 aliphatic carbocycles. The third-order valence-corrected chi connectivity index (χ3v) is 2.27. The second-order valence-corrected chi connectivity index (χ2v) is 5.48. The maximum Gasteiger partial charge on any atom is 0.246 e. The molecule has 1 aromatic rings. The van der Waals surface area contributed by atoms with E-state index in [1.165, 1.54) is 0 Å². The molecule has 0 unspecified atom stereocenters. The normalized spacial score (nSPS) is 10.9. The number of amides is 1. The lowest BCUT2D eigenvalue weighted by atomic mass is 10.2. The lowest BCUT2D eigenvalue weighted by molar-refractivity contribution is -0.117. The summed E-state index contributed by atoms with van der Waals surface area (Å²) in [5.74, 6) is -0.127. The lowest BCUT2D eigenvalue weighted by Gasteiger charge is -2.20. The van der Waals surface area contributed by atoms with Gasteiger partial charge in [-0.25, -0.2) is 0 Å². The van der Waals surface area contributed by atoms with Crippen molar-refractivity contribution in [3.05, 3.63) is 42.0 Å². The molecule has 0 spiro atoms. The molecule has 0 saturated heterocycles. The van der Waals surface area contributed by atoms with Crippen molar-refractivity contribution in [1.29, 1.82) is 0 Å². The Hall–Kier alpha value is -1.81. The van der Waals surface area contributed by atoms with E-state index in [4.69, 9.17) is 4.84 Å². The maximum absolute atomic E-state index is 11.4. The van der Waals surface area contributed by atoms with E-state index in [1.807, 2.05) is 45.0 Å². The molecule has 0 heterocycles. The van der Waals surface area contributed by atoms with Crippen LogP contribution < -0.4 is 10.8 Å². The van der Waals surface area contributed by atoms with Crippen LogP contribution in [0.1, 0.15) is 33.3 Å². The number of carbonyl (C=O) groups is 1. The number of hydrogen-bond donors (Lipinski definition) is 2. The minimum atomic E-state index is -0.242. The van der Waals surface area contributed by atoms with Gasteiger partial charge in [-0.2, -0.15) is 0 Å². The first kappa shape index (κ1) is 15.2. The Kier molecular flexibility index (Phi) is 5.12. The van der Waals surface area contributed by atoms with Crippen LogP contribution >= 0.6 is 0 Å². The highest BCUT2D eigenvalue weighted by Gasteiger charge is 2.10. The van der Waals surface area contributed by atoms with Crippen molar-refractivity contribution in [3.63, 3.8) is 0 Å². The molecule has 0 radical (unpaired) electrons. The number of hydrogen-bond acceptors (Lipinski definition) is 3. The SMILES string of the molecule is C=C(C)C(=O)NCc1ccc(NOC(C)(C)C)cc1. The van der Waals surface area contributed by atoms with E-state index in [-0.39, 0.29) is 11.5 Å². The van der Waals surface area contributed by atoms with Gasteiger partial charge in [-0.05, 0) is 45.4 Å². The van der Waals surface area contributed by atoms with Crippen LogP contribution in [0.15, 0.2) is 36.4 Å². The van der Waals surface area contributed by atoms with Gasteiger partial charge in [0.25, 0.3) is 0 Å². The van der Waals surface area contributed by atoms with Gasteiger partial charge < -0.3 is 5.32 Å². The van der Waals surface area contributed by atoms with E-state index in [0.29, 0.717) is 12.1 Å². The van der Waals surface area contributed by atoms with Crippen LogP contribution in [0.4, 0.5) is 5.69 Å². The Bertz CT molecular complexity index is 444. The summed E-state index contributed by atoms with van der Waals surface area (Å²) in [4.78, 5) is 16.8. The summed E-state index contributed by atoms with van der Waals surface area (Å²) >= 11 is 0. The Morgan fingerprint density at radius 1 is 1.26 bits per heavy atom. The third-order valence-electron chi connectivity index (χ3n) is 2.27. The van der Waals surface area contributed by atoms with Crippen LogP contribution in [0.25, 0.3) is 0 Å². The predicted molar refractivity (Wildman–Crippen MR) is 77.6 cm³/mol. The van der Waals surface area contributed by atoms with Gasteiger partial charge in [-0.3, -0.25) is 15.1 Å². The lowest BCUT2D eigenvalue weighted by Crippen LogP contribution is -2.23. The van der Waals surface area contributed by atoms with Crippen molar-refractivity contribution in [2.24, 2.45) is 0 Å². The molecular weight excluding hydrogens is 240 g/mol. The van der Waals surface area contributed by atoms with Crippen LogP contribution in [0.5, 0.6) is 0 Å². The average molecular weight is 262 g/mol. The highest BCUT2D eigenvalue weighted by Crippen LogP contribution is 2.13. The molecule has 0 bridgehead atoms. The summed E-state index contributed by atoms with van der Waals surface area (Å²) in [6, 6.07) is 7.70. The highest BCUT2D eigenvalue weighted by atomic mass is 16.7. The number of benzene rings is 1. The number of carbonyl (C=O) groups excluding carboxylic acids is 1. The first-order valence-corrected chi connectivity index (χ1v) is 6.24. The summed E-state index contributed by atoms with van der Waals surface area (Å²) in [5, 5.41) is 2.78. The van der Waals surface area contributed by atoms with E-state index < -0.39 is 0 Å². The molecular formula is C15H22N2O2. The Morgan fingerprint density at radius 2 is 1.84 bits per heavy atom. The van der Waals surface area contributed by atoms with Crippen molar-refractivity contribution in [3.8, 4) is 0 Å². The fourth-order valence-electron chi connectivity index (χ4n) is 1.24. The zero-order valence-electron chi connectivity index (χ0n) is 12.0. The summed E-state index contributed by atoms with van der Waals surface area (Å²) < 4.78 is 0. The quantitative estimate of drug-likeness (QED) is 0.633. The maximum atomic E-state index is 11.4. The van der Waals surface area contributed by atoms with Crippen molar-refractivity contribution < 1.29 is 9.63 Å². The molecule has 0 saturated carbocycles. The van der Waals surface area contributed by atoms with Gasteiger partial charge in [0.05, 0.1) is 11.3 Å². The van der Waals surface area contributed by atoms with E-state index >= 15 is 0 Å². The van der Waals surface area contributed by atoms with Crippen LogP contribution in [-0.4, -0.2) is 11.5 Å². The average Bonchev–Trinajstić information content (AvgIpc) is 2.33. The minimum absolute atomic E-state index is 0.127. The molecule has 2 N–H and O–H groups in total. The summed E-state index contributed by atoms with van der Waals surface area (Å²) in [5.41, 5.74) is 5.07. The Balaban J connectivity index is 2.48. The van der Waals surface area contributed by atoms with Gasteiger partial charge in [-0.15, -0.1) is 0 Å². The minimum Gasteiger partial charge on any atom is -0.348 e. The molecule has 0 fully saturated rings. The predicted octanol–water partition coefficient (Wildman–Crippen LogP) is 3.02. The molecule has 0 aromatic heterocycles. The Labute approximate surface area is 114 Å². The molecule has 0 aliphatic rings. The van der Waals surface area contributed by atoms with E-state index in [1.54, 1.807) is 6.92 Å². The smallest absolute Gasteiger partial charge is 0.246 e. The van der Waals surface area contributed by atoms with Gasteiger partial charge in [0, 0.05) is 12.1 Å². The first-order valence-electron chi connectivity index (χ1n) is 6.24. The zero-order chi connectivity index (χ0) is 14.5. The summed E-state index contributed by atoms with van der Waals surface area (Å²) in [7, 11) is 0. The monoisotopic (exact) mass is 262 g/mol. The fourth-order valence-corrected chi connectivity index (χ4v) is 1.24. The number of rotatable bonds is 5. The second kappa shape index (κ2) is 6.38. The topological polar surface area (TPSA) is 50.4 Å². The van der Waals surface area contributed by atoms with E-state index in [2.05, 4.69) is 17.4 Å². The Morgan fingerprint density at radius 3 is 2.32 bits per heavy atom. The standard InChI is InChI=1S/C15H22N2O2/c1-11(2)14(18)16-10-12-6-8-13(9-7-12)17-19-15(3,4)5/h6-9,17H,1,10H2,2-5H3,(H,16,18). The summed E-state index contributed by atoms with van der Waals surface area (Å²) in [6.45, 7) is 11.7. The van der Waals surface area contributed by atoms with Gasteiger partial charge in [-0.1, -0.05) is 18.7 Å². The van der Waals surface area contributed by atoms with E-state index in [0.717, 1.165) is 11.3 Å². The largest absolute Gasteiger partial charge is 0.348 e. The molecule has 1 aromatic carbocycles. The van der Waals surface area contributed by atoms with Crippen LogP contribution in [0, 0.1) is 0 Å². The van der Waals surface area contributed by atoms with Crippen molar-refractivity contribution in [2.75, 3.05) is 5.48 Å². The molecule has 4 nitrogen and oxygen atoms in total. The molecule has 1 rings (SSSR count). The van der Waals surface area contributed by atoms with Crippen LogP contribution in [0.3, 0.4) is 0 Å². The van der Waals surface area contributed by atoms with Gasteiger partial charge in [0.2, 0.25) is 5.91 Å². The number of anilines is 1. The van der Waals surface area contributed by atoms with Gasteiger partial charge >= 0.3 is 0 Å². The molecule has 1 amide bonds. The zero-order valence-corrected chi connectivity index (χ0v) is 12.0. The fraction of sp³-hybridized carbons (Fsp3) is 0.400. The molecule has 0 aliphatic heterocycles. The molecule has 4 heteroatoms. The van der Waals surface area contributed by atoms with Crippen LogP contribution in [-0.2, 0) is 16.2 Å². The second-order valence-electron chi connectivity index (χ2n) is 5.48. The molecule has 19 heavy (non-hydrogen) atoms. The van der Waals surface area contributed by atoms with Gasteiger partial charge in [0.15, 0.2) is 0 Å². The summed E-state index contributed by atoms with van der Waals surface area (Å²) in [6.07, 6.45) is 0. The van der Waals surface area contributed by atoms with E-state index in [9.17, 15) is 4.79 Å². The highest BCUT2D eigenvalue weighted by molar-refractivity contribution is 5.91. The van der Waals surface area contributed by atoms with Crippen LogP contribution in [0.2, 0.25) is 0 Å². The molecule has 104 valence electrons. The van der Waals surface area contributed by atoms with Crippen molar-refractivity contribution in [2.45, 2.75) is 39.8 Å². The van der Waals surface area contributed by atoms with Crippen molar-refractivity contribution >= 4 is 11.6 Å². The third kappa shape index (κ3) is 6.06. The van der Waals surface area contributed by atoms with Crippen molar-refractivity contribution in [1.82, 2.24) is 5.32 Å². The molecule has 0 atom stereocenters. The first-order chi connectivity index (χ1) is 8.78.